The highest BCUT2D eigenvalue weighted by Gasteiger charge is 2.25. The van der Waals surface area contributed by atoms with Gasteiger partial charge >= 0.3 is 0 Å². The molecule has 0 radical (unpaired) electrons. The maximum absolute atomic E-state index is 12.4. The van der Waals surface area contributed by atoms with Crippen molar-refractivity contribution in [3.63, 3.8) is 0 Å². The van der Waals surface area contributed by atoms with E-state index in [1.807, 2.05) is 0 Å². The van der Waals surface area contributed by atoms with Crippen LogP contribution in [0.3, 0.4) is 0 Å². The van der Waals surface area contributed by atoms with Gasteiger partial charge in [0.05, 0.1) is 17.6 Å². The van der Waals surface area contributed by atoms with E-state index < -0.39 is 4.92 Å². The number of hydrogen-bond donors (Lipinski definition) is 1. The number of nitrogens with zero attached hydrogens (tertiary/aromatic N) is 3. The summed E-state index contributed by atoms with van der Waals surface area (Å²) in [5, 5.41) is 20.2. The number of aryl methyl sites for hydroxylation is 1. The second-order valence-electron chi connectivity index (χ2n) is 6.04. The fourth-order valence-corrected chi connectivity index (χ4v) is 3.11. The summed E-state index contributed by atoms with van der Waals surface area (Å²) in [7, 11) is 0. The average molecular weight is 351 g/mol. The molecular weight excluding hydrogens is 330 g/mol. The number of nitro benzene ring substituents is 1. The molecule has 1 fully saturated rings. The van der Waals surface area contributed by atoms with Gasteiger partial charge in [-0.2, -0.15) is 0 Å². The monoisotopic (exact) mass is 351 g/mol. The van der Waals surface area contributed by atoms with Crippen LogP contribution in [0, 0.1) is 10.1 Å². The number of β-amino-alcohol motifs (C(OH)–C–C–N with tert-alkyl or cyclic N) is 1. The lowest BCUT2D eigenvalue weighted by molar-refractivity contribution is -0.385. The molecule has 0 saturated carbocycles. The molecule has 136 valence electrons. The Kier molecular flexibility index (Phi) is 5.34. The summed E-state index contributed by atoms with van der Waals surface area (Å²) >= 11 is 0. The van der Waals surface area contributed by atoms with E-state index in [2.05, 4.69) is 4.90 Å². The average Bonchev–Trinajstić information content (AvgIpc) is 3.07. The van der Waals surface area contributed by atoms with Crippen LogP contribution in [0.2, 0.25) is 0 Å². The summed E-state index contributed by atoms with van der Waals surface area (Å²) in [5.41, 5.74) is 0.423. The van der Waals surface area contributed by atoms with Crippen LogP contribution in [-0.4, -0.2) is 71.9 Å². The molecule has 25 heavy (non-hydrogen) atoms. The molecule has 0 bridgehead atoms. The van der Waals surface area contributed by atoms with Gasteiger partial charge in [0.2, 0.25) is 12.7 Å². The molecule has 0 spiro atoms. The molecule has 2 aliphatic heterocycles. The number of nitro groups is 1. The predicted molar refractivity (Wildman–Crippen MR) is 87.6 cm³/mol. The van der Waals surface area contributed by atoms with Gasteiger partial charge in [0, 0.05) is 44.7 Å². The summed E-state index contributed by atoms with van der Waals surface area (Å²) in [5.74, 6) is 0.822. The summed E-state index contributed by atoms with van der Waals surface area (Å²) in [4.78, 5) is 27.0. The van der Waals surface area contributed by atoms with Crippen LogP contribution in [0.4, 0.5) is 5.69 Å². The molecular formula is C16H21N3O6. The molecule has 1 aromatic carbocycles. The fourth-order valence-electron chi connectivity index (χ4n) is 3.11. The van der Waals surface area contributed by atoms with E-state index in [1.165, 1.54) is 6.07 Å². The van der Waals surface area contributed by atoms with Gasteiger partial charge in [0.15, 0.2) is 11.5 Å². The number of benzene rings is 1. The number of amides is 1. The number of carbonyl (C=O) groups excluding carboxylic acids is 1. The largest absolute Gasteiger partial charge is 0.454 e. The Morgan fingerprint density at radius 2 is 1.88 bits per heavy atom. The first-order valence-electron chi connectivity index (χ1n) is 8.26. The molecule has 0 atom stereocenters. The number of aliphatic hydroxyl groups is 1. The first kappa shape index (κ1) is 17.4. The van der Waals surface area contributed by atoms with E-state index >= 15 is 0 Å². The number of aliphatic hydroxyl groups excluding tert-OH is 1. The van der Waals surface area contributed by atoms with Crippen LogP contribution in [0.1, 0.15) is 12.0 Å². The molecule has 2 heterocycles. The van der Waals surface area contributed by atoms with E-state index in [-0.39, 0.29) is 37.8 Å². The van der Waals surface area contributed by atoms with Crippen LogP contribution in [0.15, 0.2) is 12.1 Å². The van der Waals surface area contributed by atoms with Gasteiger partial charge in [-0.25, -0.2) is 0 Å². The molecule has 9 heteroatoms. The number of rotatable bonds is 6. The Bertz CT molecular complexity index is 658. The highest BCUT2D eigenvalue weighted by molar-refractivity contribution is 5.77. The standard InChI is InChI=1S/C16H21N3O6/c20-8-7-17-3-5-18(6-4-17)16(21)2-1-12-9-14-15(25-11-24-14)10-13(12)19(22)23/h9-10,20H,1-8,11H2. The number of ether oxygens (including phenoxy) is 2. The normalized spacial score (nSPS) is 16.9. The van der Waals surface area contributed by atoms with Crippen LogP contribution in [0.25, 0.3) is 0 Å². The minimum atomic E-state index is -0.463. The van der Waals surface area contributed by atoms with Crippen LogP contribution < -0.4 is 9.47 Å². The third kappa shape index (κ3) is 3.99. The quantitative estimate of drug-likeness (QED) is 0.584. The lowest BCUT2D eigenvalue weighted by Gasteiger charge is -2.34. The minimum Gasteiger partial charge on any atom is -0.454 e. The number of hydrogen-bond acceptors (Lipinski definition) is 7. The summed E-state index contributed by atoms with van der Waals surface area (Å²) in [6.07, 6.45) is 0.489. The van der Waals surface area contributed by atoms with E-state index in [9.17, 15) is 14.9 Å². The van der Waals surface area contributed by atoms with Crippen LogP contribution >= 0.6 is 0 Å². The molecule has 3 rings (SSSR count). The van der Waals surface area contributed by atoms with Crippen molar-refractivity contribution >= 4 is 11.6 Å². The van der Waals surface area contributed by atoms with Crippen molar-refractivity contribution in [1.29, 1.82) is 0 Å². The smallest absolute Gasteiger partial charge is 0.276 e. The van der Waals surface area contributed by atoms with E-state index in [4.69, 9.17) is 14.6 Å². The molecule has 1 N–H and O–H groups in total. The van der Waals surface area contributed by atoms with Gasteiger partial charge in [-0.15, -0.1) is 0 Å². The molecule has 0 aliphatic carbocycles. The molecule has 1 amide bonds. The maximum atomic E-state index is 12.4. The Hall–Kier alpha value is -2.39. The third-order valence-electron chi connectivity index (χ3n) is 4.52. The number of piperazine rings is 1. The van der Waals surface area contributed by atoms with Crippen molar-refractivity contribution in [2.75, 3.05) is 46.1 Å². The van der Waals surface area contributed by atoms with Crippen molar-refractivity contribution in [3.8, 4) is 11.5 Å². The lowest BCUT2D eigenvalue weighted by Crippen LogP contribution is -2.49. The van der Waals surface area contributed by atoms with Crippen molar-refractivity contribution in [3.05, 3.63) is 27.8 Å². The molecule has 0 unspecified atom stereocenters. The summed E-state index contributed by atoms with van der Waals surface area (Å²) in [6, 6.07) is 2.95. The van der Waals surface area contributed by atoms with Gasteiger partial charge in [-0.1, -0.05) is 0 Å². The predicted octanol–water partition coefficient (Wildman–Crippen LogP) is 0.393. The van der Waals surface area contributed by atoms with Gasteiger partial charge in [-0.3, -0.25) is 19.8 Å². The van der Waals surface area contributed by atoms with Crippen molar-refractivity contribution < 1.29 is 24.3 Å². The van der Waals surface area contributed by atoms with E-state index in [0.717, 1.165) is 13.1 Å². The summed E-state index contributed by atoms with van der Waals surface area (Å²) < 4.78 is 10.4. The van der Waals surface area contributed by atoms with Crippen molar-refractivity contribution in [2.45, 2.75) is 12.8 Å². The lowest BCUT2D eigenvalue weighted by atomic mass is 10.1. The Morgan fingerprint density at radius 1 is 1.20 bits per heavy atom. The topological polar surface area (TPSA) is 105 Å². The second kappa shape index (κ2) is 7.66. The fraction of sp³-hybridized carbons (Fsp3) is 0.562. The van der Waals surface area contributed by atoms with Gasteiger partial charge < -0.3 is 19.5 Å². The van der Waals surface area contributed by atoms with E-state index in [1.54, 1.807) is 11.0 Å². The summed E-state index contributed by atoms with van der Waals surface area (Å²) in [6.45, 7) is 3.47. The zero-order valence-corrected chi connectivity index (χ0v) is 13.8. The molecule has 1 aromatic rings. The van der Waals surface area contributed by atoms with Gasteiger partial charge in [0.1, 0.15) is 0 Å². The number of fused-ring (bicyclic) bond motifs is 1. The highest BCUT2D eigenvalue weighted by Crippen LogP contribution is 2.38. The minimum absolute atomic E-state index is 0.0180. The van der Waals surface area contributed by atoms with Crippen LogP contribution in [-0.2, 0) is 11.2 Å². The number of carbonyl (C=O) groups is 1. The van der Waals surface area contributed by atoms with Gasteiger partial charge in [-0.05, 0) is 12.5 Å². The Morgan fingerprint density at radius 3 is 2.52 bits per heavy atom. The SMILES string of the molecule is O=C(CCc1cc2c(cc1[N+](=O)[O-])OCO2)N1CCN(CCO)CC1. The highest BCUT2D eigenvalue weighted by atomic mass is 16.7. The van der Waals surface area contributed by atoms with Gasteiger partial charge in [0.25, 0.3) is 5.69 Å². The molecule has 2 aliphatic rings. The molecule has 0 aromatic heterocycles. The third-order valence-corrected chi connectivity index (χ3v) is 4.52. The van der Waals surface area contributed by atoms with Crippen molar-refractivity contribution in [2.24, 2.45) is 0 Å². The first-order chi connectivity index (χ1) is 12.1. The zero-order valence-electron chi connectivity index (χ0n) is 13.8. The Balaban J connectivity index is 1.60. The first-order valence-corrected chi connectivity index (χ1v) is 8.26. The molecule has 1 saturated heterocycles. The van der Waals surface area contributed by atoms with Crippen LogP contribution in [0.5, 0.6) is 11.5 Å². The Labute approximate surface area is 144 Å². The van der Waals surface area contributed by atoms with E-state index in [0.29, 0.717) is 36.7 Å². The second-order valence-corrected chi connectivity index (χ2v) is 6.04. The zero-order chi connectivity index (χ0) is 17.8. The molecule has 9 nitrogen and oxygen atoms in total. The maximum Gasteiger partial charge on any atom is 0.276 e. The van der Waals surface area contributed by atoms with Crippen molar-refractivity contribution in [1.82, 2.24) is 9.80 Å².